The quantitative estimate of drug-likeness (QED) is 0.498. The van der Waals surface area contributed by atoms with E-state index in [-0.39, 0.29) is 5.91 Å². The molecule has 0 fully saturated rings. The van der Waals surface area contributed by atoms with Crippen LogP contribution in [0, 0.1) is 0 Å². The number of carbonyl (C=O) groups excluding carboxylic acids is 1. The standard InChI is InChI=1S/C25H26N2OS2/c1-29-22-10-7-19(8-11-22)13-14-26-25(28)21-9-12-24-23(17-21)27(15-16-30-24)18-20-5-3-2-4-6-20/h2-12,17H,13-16,18H2,1H3,(H,26,28). The number of nitrogens with one attached hydrogen (secondary N) is 1. The van der Waals surface area contributed by atoms with Crippen molar-refractivity contribution >= 4 is 35.1 Å². The van der Waals surface area contributed by atoms with Crippen LogP contribution in [0.2, 0.25) is 0 Å². The van der Waals surface area contributed by atoms with E-state index in [0.29, 0.717) is 6.54 Å². The molecule has 0 radical (unpaired) electrons. The van der Waals surface area contributed by atoms with Gasteiger partial charge in [-0.05, 0) is 54.1 Å². The Hall–Kier alpha value is -2.37. The predicted octanol–water partition coefficient (Wildman–Crippen LogP) is 5.49. The number of anilines is 1. The second-order valence-corrected chi connectivity index (χ2v) is 9.31. The van der Waals surface area contributed by atoms with E-state index in [1.807, 2.05) is 30.0 Å². The molecule has 30 heavy (non-hydrogen) atoms. The molecule has 0 saturated carbocycles. The van der Waals surface area contributed by atoms with E-state index in [2.05, 4.69) is 71.1 Å². The lowest BCUT2D eigenvalue weighted by Gasteiger charge is -2.31. The van der Waals surface area contributed by atoms with Gasteiger partial charge in [0.15, 0.2) is 0 Å². The molecule has 0 spiro atoms. The van der Waals surface area contributed by atoms with Crippen molar-refractivity contribution in [2.45, 2.75) is 22.8 Å². The molecule has 3 aromatic carbocycles. The number of amides is 1. The van der Waals surface area contributed by atoms with Crippen LogP contribution in [-0.4, -0.2) is 31.0 Å². The summed E-state index contributed by atoms with van der Waals surface area (Å²) in [7, 11) is 0. The van der Waals surface area contributed by atoms with Crippen LogP contribution in [-0.2, 0) is 13.0 Å². The number of hydrogen-bond donors (Lipinski definition) is 1. The van der Waals surface area contributed by atoms with E-state index in [0.717, 1.165) is 36.5 Å². The van der Waals surface area contributed by atoms with Gasteiger partial charge in [0.05, 0.1) is 5.69 Å². The number of hydrogen-bond acceptors (Lipinski definition) is 4. The van der Waals surface area contributed by atoms with Crippen molar-refractivity contribution in [2.24, 2.45) is 0 Å². The molecule has 0 aromatic heterocycles. The average Bonchev–Trinajstić information content (AvgIpc) is 2.80. The summed E-state index contributed by atoms with van der Waals surface area (Å²) in [6.07, 6.45) is 2.91. The summed E-state index contributed by atoms with van der Waals surface area (Å²) >= 11 is 3.61. The smallest absolute Gasteiger partial charge is 0.251 e. The van der Waals surface area contributed by atoms with Crippen molar-refractivity contribution in [1.29, 1.82) is 0 Å². The van der Waals surface area contributed by atoms with Gasteiger partial charge in [0.2, 0.25) is 0 Å². The van der Waals surface area contributed by atoms with Crippen LogP contribution in [0.3, 0.4) is 0 Å². The molecule has 1 N–H and O–H groups in total. The fourth-order valence-corrected chi connectivity index (χ4v) is 5.04. The van der Waals surface area contributed by atoms with Gasteiger partial charge in [0.25, 0.3) is 5.91 Å². The maximum absolute atomic E-state index is 12.7. The number of benzene rings is 3. The van der Waals surface area contributed by atoms with Crippen LogP contribution in [0.25, 0.3) is 0 Å². The summed E-state index contributed by atoms with van der Waals surface area (Å²) in [6.45, 7) is 2.49. The van der Waals surface area contributed by atoms with Gasteiger partial charge in [-0.15, -0.1) is 23.5 Å². The highest BCUT2D eigenvalue weighted by Gasteiger charge is 2.19. The molecule has 0 unspecified atom stereocenters. The lowest BCUT2D eigenvalue weighted by Crippen LogP contribution is -2.30. The van der Waals surface area contributed by atoms with Crippen molar-refractivity contribution in [3.63, 3.8) is 0 Å². The Labute approximate surface area is 187 Å². The third kappa shape index (κ3) is 5.21. The van der Waals surface area contributed by atoms with Crippen LogP contribution in [0.5, 0.6) is 0 Å². The summed E-state index contributed by atoms with van der Waals surface area (Å²) in [6, 6.07) is 25.1. The Kier molecular flexibility index (Phi) is 7.03. The molecule has 3 aromatic rings. The second-order valence-electron chi connectivity index (χ2n) is 7.29. The summed E-state index contributed by atoms with van der Waals surface area (Å²) in [5, 5.41) is 3.08. The first-order valence-corrected chi connectivity index (χ1v) is 12.4. The van der Waals surface area contributed by atoms with E-state index in [4.69, 9.17) is 0 Å². The van der Waals surface area contributed by atoms with Gasteiger partial charge in [-0.3, -0.25) is 4.79 Å². The van der Waals surface area contributed by atoms with Gasteiger partial charge in [-0.25, -0.2) is 0 Å². The van der Waals surface area contributed by atoms with Crippen LogP contribution >= 0.6 is 23.5 Å². The van der Waals surface area contributed by atoms with Crippen molar-refractivity contribution in [1.82, 2.24) is 5.32 Å². The Morgan fingerprint density at radius 3 is 2.60 bits per heavy atom. The number of rotatable bonds is 7. The van der Waals surface area contributed by atoms with E-state index in [1.165, 1.54) is 20.9 Å². The van der Waals surface area contributed by atoms with E-state index in [9.17, 15) is 4.79 Å². The highest BCUT2D eigenvalue weighted by Crippen LogP contribution is 2.36. The normalized spacial score (nSPS) is 13.0. The summed E-state index contributed by atoms with van der Waals surface area (Å²) in [5.41, 5.74) is 4.42. The van der Waals surface area contributed by atoms with Crippen LogP contribution in [0.15, 0.2) is 82.6 Å². The molecule has 0 bridgehead atoms. The van der Waals surface area contributed by atoms with Gasteiger partial charge in [-0.2, -0.15) is 0 Å². The Bertz CT molecular complexity index is 990. The van der Waals surface area contributed by atoms with Gasteiger partial charge in [0, 0.05) is 40.7 Å². The SMILES string of the molecule is CSc1ccc(CCNC(=O)c2ccc3c(c2)N(Cc2ccccc2)CCS3)cc1. The van der Waals surface area contributed by atoms with Crippen LogP contribution in [0.1, 0.15) is 21.5 Å². The zero-order valence-corrected chi connectivity index (χ0v) is 18.8. The first-order valence-electron chi connectivity index (χ1n) is 10.2. The molecule has 4 rings (SSSR count). The molecule has 154 valence electrons. The predicted molar refractivity (Wildman–Crippen MR) is 129 cm³/mol. The monoisotopic (exact) mass is 434 g/mol. The zero-order valence-electron chi connectivity index (χ0n) is 17.1. The largest absolute Gasteiger partial charge is 0.365 e. The third-order valence-corrected chi connectivity index (χ3v) is 7.04. The lowest BCUT2D eigenvalue weighted by molar-refractivity contribution is 0.0954. The third-order valence-electron chi connectivity index (χ3n) is 5.26. The zero-order chi connectivity index (χ0) is 20.8. The lowest BCUT2D eigenvalue weighted by atomic mass is 10.1. The fraction of sp³-hybridized carbons (Fsp3) is 0.240. The van der Waals surface area contributed by atoms with Crippen LogP contribution < -0.4 is 10.2 Å². The Morgan fingerprint density at radius 2 is 1.83 bits per heavy atom. The van der Waals surface area contributed by atoms with E-state index in [1.54, 1.807) is 11.8 Å². The first kappa shape index (κ1) is 20.9. The van der Waals surface area contributed by atoms with Crippen molar-refractivity contribution in [3.8, 4) is 0 Å². The molecule has 5 heteroatoms. The van der Waals surface area contributed by atoms with Gasteiger partial charge >= 0.3 is 0 Å². The minimum Gasteiger partial charge on any atom is -0.365 e. The molecule has 0 atom stereocenters. The first-order chi connectivity index (χ1) is 14.7. The molecule has 0 saturated heterocycles. The van der Waals surface area contributed by atoms with Gasteiger partial charge < -0.3 is 10.2 Å². The highest BCUT2D eigenvalue weighted by molar-refractivity contribution is 7.99. The number of fused-ring (bicyclic) bond motifs is 1. The number of carbonyl (C=O) groups is 1. The second kappa shape index (κ2) is 10.1. The molecule has 1 aliphatic rings. The highest BCUT2D eigenvalue weighted by atomic mass is 32.2. The molecule has 1 heterocycles. The van der Waals surface area contributed by atoms with Crippen molar-refractivity contribution < 1.29 is 4.79 Å². The minimum absolute atomic E-state index is 0.00577. The summed E-state index contributed by atoms with van der Waals surface area (Å²) in [5.74, 6) is 1.06. The molecule has 1 amide bonds. The number of nitrogens with zero attached hydrogens (tertiary/aromatic N) is 1. The van der Waals surface area contributed by atoms with Crippen LogP contribution in [0.4, 0.5) is 5.69 Å². The van der Waals surface area contributed by atoms with Gasteiger partial charge in [0.1, 0.15) is 0 Å². The summed E-state index contributed by atoms with van der Waals surface area (Å²) in [4.78, 5) is 17.6. The maximum atomic E-state index is 12.7. The fourth-order valence-electron chi connectivity index (χ4n) is 3.60. The average molecular weight is 435 g/mol. The summed E-state index contributed by atoms with van der Waals surface area (Å²) < 4.78 is 0. The van der Waals surface area contributed by atoms with Crippen molar-refractivity contribution in [2.75, 3.05) is 30.0 Å². The molecule has 0 aliphatic carbocycles. The maximum Gasteiger partial charge on any atom is 0.251 e. The topological polar surface area (TPSA) is 32.3 Å². The Balaban J connectivity index is 1.40. The van der Waals surface area contributed by atoms with Crippen molar-refractivity contribution in [3.05, 3.63) is 89.5 Å². The Morgan fingerprint density at radius 1 is 1.03 bits per heavy atom. The minimum atomic E-state index is -0.00577. The molecular weight excluding hydrogens is 408 g/mol. The van der Waals surface area contributed by atoms with E-state index >= 15 is 0 Å². The molecular formula is C25H26N2OS2. The molecule has 1 aliphatic heterocycles. The van der Waals surface area contributed by atoms with E-state index < -0.39 is 0 Å². The molecule has 3 nitrogen and oxygen atoms in total. The van der Waals surface area contributed by atoms with Gasteiger partial charge in [-0.1, -0.05) is 42.5 Å². The number of thioether (sulfide) groups is 2.